The summed E-state index contributed by atoms with van der Waals surface area (Å²) in [6, 6.07) is 11.4. The molecule has 0 bridgehead atoms. The van der Waals surface area contributed by atoms with Gasteiger partial charge in [0.2, 0.25) is 0 Å². The molecule has 5 heteroatoms. The molecular formula is C19H17N3OS. The molecule has 0 saturated carbocycles. The SMILES string of the molecule is O=C(c1ccccc1S)N1CC=C(c2c[nH]c3cccnc23)CC1. The number of aromatic nitrogens is 2. The lowest BCUT2D eigenvalue weighted by Crippen LogP contribution is -2.34. The summed E-state index contributed by atoms with van der Waals surface area (Å²) in [5.74, 6) is 0.0351. The van der Waals surface area contributed by atoms with Crippen LogP contribution in [0.15, 0.2) is 59.8 Å². The Morgan fingerprint density at radius 1 is 1.21 bits per heavy atom. The summed E-state index contributed by atoms with van der Waals surface area (Å²) in [5.41, 5.74) is 5.06. The van der Waals surface area contributed by atoms with E-state index in [-0.39, 0.29) is 5.91 Å². The lowest BCUT2D eigenvalue weighted by Gasteiger charge is -2.27. The van der Waals surface area contributed by atoms with Gasteiger partial charge in [-0.05, 0) is 36.3 Å². The average molecular weight is 335 g/mol. The first-order chi connectivity index (χ1) is 11.7. The highest BCUT2D eigenvalue weighted by Gasteiger charge is 2.21. The molecule has 1 N–H and O–H groups in total. The number of carbonyl (C=O) groups is 1. The zero-order chi connectivity index (χ0) is 16.5. The normalized spacial score (nSPS) is 14.7. The number of nitrogens with zero attached hydrogens (tertiary/aromatic N) is 2. The molecule has 2 aromatic heterocycles. The number of aromatic amines is 1. The van der Waals surface area contributed by atoms with Gasteiger partial charge in [0.05, 0.1) is 16.6 Å². The number of carbonyl (C=O) groups excluding carboxylic acids is 1. The third kappa shape index (κ3) is 2.61. The lowest BCUT2D eigenvalue weighted by molar-refractivity contribution is 0.0769. The Balaban J connectivity index is 1.57. The number of pyridine rings is 1. The molecule has 0 atom stereocenters. The lowest BCUT2D eigenvalue weighted by atomic mass is 10.0. The Labute approximate surface area is 145 Å². The van der Waals surface area contributed by atoms with Crippen LogP contribution in [0, 0.1) is 0 Å². The van der Waals surface area contributed by atoms with Crippen molar-refractivity contribution in [2.45, 2.75) is 11.3 Å². The van der Waals surface area contributed by atoms with Crippen LogP contribution in [0.1, 0.15) is 22.3 Å². The van der Waals surface area contributed by atoms with E-state index >= 15 is 0 Å². The van der Waals surface area contributed by atoms with E-state index in [1.807, 2.05) is 53.7 Å². The molecule has 0 fully saturated rings. The Bertz CT molecular complexity index is 944. The minimum atomic E-state index is 0.0351. The van der Waals surface area contributed by atoms with Gasteiger partial charge < -0.3 is 9.88 Å². The van der Waals surface area contributed by atoms with Gasteiger partial charge in [0.1, 0.15) is 0 Å². The van der Waals surface area contributed by atoms with E-state index in [0.717, 1.165) is 27.9 Å². The number of benzene rings is 1. The van der Waals surface area contributed by atoms with Crippen LogP contribution in [0.4, 0.5) is 0 Å². The molecule has 1 aliphatic rings. The molecule has 0 unspecified atom stereocenters. The van der Waals surface area contributed by atoms with Crippen LogP contribution in [0.5, 0.6) is 0 Å². The summed E-state index contributed by atoms with van der Waals surface area (Å²) in [5, 5.41) is 0. The fourth-order valence-electron chi connectivity index (χ4n) is 3.12. The molecule has 4 rings (SSSR count). The zero-order valence-corrected chi connectivity index (χ0v) is 14.0. The highest BCUT2D eigenvalue weighted by Crippen LogP contribution is 2.28. The second-order valence-electron chi connectivity index (χ2n) is 5.85. The fraction of sp³-hybridized carbons (Fsp3) is 0.158. The number of hydrogen-bond donors (Lipinski definition) is 2. The van der Waals surface area contributed by atoms with Crippen molar-refractivity contribution in [2.24, 2.45) is 0 Å². The second kappa shape index (κ2) is 6.17. The summed E-state index contributed by atoms with van der Waals surface area (Å²) < 4.78 is 0. The third-order valence-electron chi connectivity index (χ3n) is 4.41. The number of fused-ring (bicyclic) bond motifs is 1. The van der Waals surface area contributed by atoms with Crippen molar-refractivity contribution in [3.8, 4) is 0 Å². The maximum Gasteiger partial charge on any atom is 0.255 e. The third-order valence-corrected chi connectivity index (χ3v) is 4.80. The van der Waals surface area contributed by atoms with Gasteiger partial charge in [0.25, 0.3) is 5.91 Å². The molecule has 1 amide bonds. The van der Waals surface area contributed by atoms with Crippen LogP contribution in [0.3, 0.4) is 0 Å². The minimum absolute atomic E-state index is 0.0351. The molecule has 24 heavy (non-hydrogen) atoms. The Morgan fingerprint density at radius 2 is 2.08 bits per heavy atom. The molecule has 3 heterocycles. The number of amides is 1. The molecule has 1 aromatic carbocycles. The first-order valence-corrected chi connectivity index (χ1v) is 8.37. The predicted molar refractivity (Wildman–Crippen MR) is 98.3 cm³/mol. The van der Waals surface area contributed by atoms with E-state index in [1.165, 1.54) is 5.57 Å². The molecule has 4 nitrogen and oxygen atoms in total. The summed E-state index contributed by atoms with van der Waals surface area (Å²) in [7, 11) is 0. The number of nitrogens with one attached hydrogen (secondary N) is 1. The van der Waals surface area contributed by atoms with Crippen molar-refractivity contribution in [1.82, 2.24) is 14.9 Å². The van der Waals surface area contributed by atoms with Crippen molar-refractivity contribution in [3.63, 3.8) is 0 Å². The van der Waals surface area contributed by atoms with Gasteiger partial charge in [-0.15, -0.1) is 12.6 Å². The summed E-state index contributed by atoms with van der Waals surface area (Å²) in [4.78, 5) is 23.0. The van der Waals surface area contributed by atoms with Gasteiger partial charge in [-0.3, -0.25) is 9.78 Å². The molecule has 3 aromatic rings. The van der Waals surface area contributed by atoms with Gasteiger partial charge >= 0.3 is 0 Å². The summed E-state index contributed by atoms with van der Waals surface area (Å²) >= 11 is 4.39. The van der Waals surface area contributed by atoms with E-state index in [0.29, 0.717) is 18.7 Å². The standard InChI is InChI=1S/C19H17N3OS/c23-19(14-4-1-2-6-17(14)24)22-10-7-13(8-11-22)15-12-21-16-5-3-9-20-18(15)16/h1-7,9,12,21,24H,8,10-11H2. The topological polar surface area (TPSA) is 49.0 Å². The van der Waals surface area contributed by atoms with Gasteiger partial charge in [-0.25, -0.2) is 0 Å². The maximum absolute atomic E-state index is 12.7. The Hall–Kier alpha value is -2.53. The number of thiol groups is 1. The monoisotopic (exact) mass is 335 g/mol. The quantitative estimate of drug-likeness (QED) is 0.700. The number of hydrogen-bond acceptors (Lipinski definition) is 3. The first kappa shape index (κ1) is 15.0. The molecule has 0 radical (unpaired) electrons. The molecule has 120 valence electrons. The maximum atomic E-state index is 12.7. The number of H-pyrrole nitrogens is 1. The van der Waals surface area contributed by atoms with Gasteiger partial charge in [0.15, 0.2) is 0 Å². The van der Waals surface area contributed by atoms with Crippen molar-refractivity contribution in [2.75, 3.05) is 13.1 Å². The first-order valence-electron chi connectivity index (χ1n) is 7.93. The highest BCUT2D eigenvalue weighted by molar-refractivity contribution is 7.80. The summed E-state index contributed by atoms with van der Waals surface area (Å²) in [6.45, 7) is 1.31. The Morgan fingerprint density at radius 3 is 2.88 bits per heavy atom. The van der Waals surface area contributed by atoms with Gasteiger partial charge in [-0.2, -0.15) is 0 Å². The summed E-state index contributed by atoms with van der Waals surface area (Å²) in [6.07, 6.45) is 6.76. The second-order valence-corrected chi connectivity index (χ2v) is 6.33. The van der Waals surface area contributed by atoms with Crippen molar-refractivity contribution < 1.29 is 4.79 Å². The van der Waals surface area contributed by atoms with Gasteiger partial charge in [0, 0.05) is 35.9 Å². The van der Waals surface area contributed by atoms with Gasteiger partial charge in [-0.1, -0.05) is 18.2 Å². The van der Waals surface area contributed by atoms with E-state index in [4.69, 9.17) is 0 Å². The number of rotatable bonds is 2. The van der Waals surface area contributed by atoms with E-state index in [1.54, 1.807) is 0 Å². The van der Waals surface area contributed by atoms with Crippen LogP contribution in [-0.2, 0) is 0 Å². The van der Waals surface area contributed by atoms with E-state index in [9.17, 15) is 4.79 Å². The van der Waals surface area contributed by atoms with Crippen LogP contribution >= 0.6 is 12.6 Å². The highest BCUT2D eigenvalue weighted by atomic mass is 32.1. The van der Waals surface area contributed by atoms with Crippen LogP contribution < -0.4 is 0 Å². The molecule has 0 saturated heterocycles. The van der Waals surface area contributed by atoms with E-state index < -0.39 is 0 Å². The average Bonchev–Trinajstić information content (AvgIpc) is 3.06. The molecule has 0 aliphatic carbocycles. The largest absolute Gasteiger partial charge is 0.359 e. The van der Waals surface area contributed by atoms with Crippen molar-refractivity contribution in [1.29, 1.82) is 0 Å². The van der Waals surface area contributed by atoms with Crippen molar-refractivity contribution in [3.05, 3.63) is 66.0 Å². The minimum Gasteiger partial charge on any atom is -0.359 e. The van der Waals surface area contributed by atoms with Crippen LogP contribution in [0.2, 0.25) is 0 Å². The fourth-order valence-corrected chi connectivity index (χ4v) is 3.38. The van der Waals surface area contributed by atoms with Crippen LogP contribution in [0.25, 0.3) is 16.6 Å². The predicted octanol–water partition coefficient (Wildman–Crippen LogP) is 3.78. The van der Waals surface area contributed by atoms with Crippen LogP contribution in [-0.4, -0.2) is 33.9 Å². The smallest absolute Gasteiger partial charge is 0.255 e. The van der Waals surface area contributed by atoms with E-state index in [2.05, 4.69) is 28.7 Å². The molecule has 1 aliphatic heterocycles. The van der Waals surface area contributed by atoms with Crippen molar-refractivity contribution >= 4 is 35.1 Å². The molecule has 0 spiro atoms. The Kier molecular flexibility index (Phi) is 3.86. The zero-order valence-electron chi connectivity index (χ0n) is 13.1. The molecular weight excluding hydrogens is 318 g/mol.